The Morgan fingerprint density at radius 1 is 1.45 bits per heavy atom. The predicted octanol–water partition coefficient (Wildman–Crippen LogP) is 1.11. The molecular formula is C15H19N3O2. The van der Waals surface area contributed by atoms with Gasteiger partial charge in [-0.25, -0.2) is 0 Å². The number of rotatable bonds is 2. The van der Waals surface area contributed by atoms with Crippen molar-refractivity contribution in [3.8, 4) is 0 Å². The highest BCUT2D eigenvalue weighted by Gasteiger charge is 2.39. The normalized spacial score (nSPS) is 22.1. The molecule has 0 saturated carbocycles. The first kappa shape index (κ1) is 13.1. The lowest BCUT2D eigenvalue weighted by Gasteiger charge is -2.39. The van der Waals surface area contributed by atoms with Crippen LogP contribution in [0.4, 0.5) is 0 Å². The summed E-state index contributed by atoms with van der Waals surface area (Å²) in [4.78, 5) is 32.2. The molecule has 0 aliphatic carbocycles. The summed E-state index contributed by atoms with van der Waals surface area (Å²) in [6, 6.07) is 1.92. The van der Waals surface area contributed by atoms with E-state index < -0.39 is 0 Å². The molecule has 1 atom stereocenters. The number of fused-ring (bicyclic) bond motifs is 1. The van der Waals surface area contributed by atoms with Crippen molar-refractivity contribution in [3.63, 3.8) is 0 Å². The maximum Gasteiger partial charge on any atom is 0.228 e. The van der Waals surface area contributed by atoms with Gasteiger partial charge in [-0.3, -0.25) is 14.6 Å². The summed E-state index contributed by atoms with van der Waals surface area (Å²) in [6.07, 6.45) is 6.21. The van der Waals surface area contributed by atoms with E-state index in [1.54, 1.807) is 12.4 Å². The summed E-state index contributed by atoms with van der Waals surface area (Å²) in [5.41, 5.74) is 2.06. The summed E-state index contributed by atoms with van der Waals surface area (Å²) in [6.45, 7) is 3.34. The largest absolute Gasteiger partial charge is 0.322 e. The van der Waals surface area contributed by atoms with Gasteiger partial charge in [0.05, 0.1) is 6.42 Å². The molecule has 5 nitrogen and oxygen atoms in total. The molecule has 1 unspecified atom stereocenters. The molecule has 2 saturated heterocycles. The fourth-order valence-corrected chi connectivity index (χ4v) is 3.11. The Balaban J connectivity index is 1.74. The van der Waals surface area contributed by atoms with Crippen LogP contribution >= 0.6 is 0 Å². The van der Waals surface area contributed by atoms with Gasteiger partial charge in [0.15, 0.2) is 0 Å². The van der Waals surface area contributed by atoms with E-state index >= 15 is 0 Å². The molecule has 20 heavy (non-hydrogen) atoms. The Morgan fingerprint density at radius 2 is 2.30 bits per heavy atom. The standard InChI is InChI=1S/C15H19N3O2/c1-11-4-6-16-10-12(11)9-15(20)18-8-5-14(19)17-7-2-3-13(17)18/h4,6,10,13H,2-3,5,7-9H2,1H3. The van der Waals surface area contributed by atoms with Crippen molar-refractivity contribution in [3.05, 3.63) is 29.6 Å². The fourth-order valence-electron chi connectivity index (χ4n) is 3.11. The van der Waals surface area contributed by atoms with Crippen LogP contribution in [0, 0.1) is 6.92 Å². The topological polar surface area (TPSA) is 53.5 Å². The van der Waals surface area contributed by atoms with E-state index in [0.29, 0.717) is 19.4 Å². The highest BCUT2D eigenvalue weighted by atomic mass is 16.2. The number of amides is 2. The first-order chi connectivity index (χ1) is 9.66. The summed E-state index contributed by atoms with van der Waals surface area (Å²) < 4.78 is 0. The van der Waals surface area contributed by atoms with Crippen LogP contribution in [-0.2, 0) is 16.0 Å². The van der Waals surface area contributed by atoms with Crippen LogP contribution in [0.5, 0.6) is 0 Å². The summed E-state index contributed by atoms with van der Waals surface area (Å²) in [5.74, 6) is 0.291. The number of hydrogen-bond donors (Lipinski definition) is 0. The van der Waals surface area contributed by atoms with E-state index in [2.05, 4.69) is 4.98 Å². The van der Waals surface area contributed by atoms with Crippen molar-refractivity contribution < 1.29 is 9.59 Å². The van der Waals surface area contributed by atoms with E-state index in [4.69, 9.17) is 0 Å². The van der Waals surface area contributed by atoms with Gasteiger partial charge in [0.25, 0.3) is 0 Å². The molecule has 106 valence electrons. The molecule has 0 radical (unpaired) electrons. The smallest absolute Gasteiger partial charge is 0.228 e. The fraction of sp³-hybridized carbons (Fsp3) is 0.533. The van der Waals surface area contributed by atoms with Crippen molar-refractivity contribution in [1.82, 2.24) is 14.8 Å². The monoisotopic (exact) mass is 273 g/mol. The third-order valence-electron chi connectivity index (χ3n) is 4.28. The van der Waals surface area contributed by atoms with Gasteiger partial charge >= 0.3 is 0 Å². The van der Waals surface area contributed by atoms with Gasteiger partial charge in [0, 0.05) is 31.9 Å². The average molecular weight is 273 g/mol. The predicted molar refractivity (Wildman–Crippen MR) is 73.7 cm³/mol. The number of carbonyl (C=O) groups excluding carboxylic acids is 2. The molecule has 5 heteroatoms. The zero-order valence-electron chi connectivity index (χ0n) is 11.7. The highest BCUT2D eigenvalue weighted by Crippen LogP contribution is 2.26. The number of aromatic nitrogens is 1. The van der Waals surface area contributed by atoms with Crippen molar-refractivity contribution in [1.29, 1.82) is 0 Å². The number of hydrogen-bond acceptors (Lipinski definition) is 3. The van der Waals surface area contributed by atoms with Gasteiger partial charge in [0.1, 0.15) is 6.17 Å². The molecule has 2 amide bonds. The lowest BCUT2D eigenvalue weighted by Crippen LogP contribution is -2.55. The van der Waals surface area contributed by atoms with Gasteiger partial charge in [-0.1, -0.05) is 0 Å². The maximum absolute atomic E-state index is 12.5. The molecular weight excluding hydrogens is 254 g/mol. The summed E-state index contributed by atoms with van der Waals surface area (Å²) >= 11 is 0. The average Bonchev–Trinajstić information content (AvgIpc) is 2.92. The third-order valence-corrected chi connectivity index (χ3v) is 4.28. The van der Waals surface area contributed by atoms with Gasteiger partial charge in [-0.05, 0) is 37.0 Å². The molecule has 2 fully saturated rings. The molecule has 3 rings (SSSR count). The zero-order chi connectivity index (χ0) is 14.1. The van der Waals surface area contributed by atoms with Crippen molar-refractivity contribution in [2.24, 2.45) is 0 Å². The lowest BCUT2D eigenvalue weighted by atomic mass is 10.1. The van der Waals surface area contributed by atoms with Crippen LogP contribution in [0.15, 0.2) is 18.5 Å². The van der Waals surface area contributed by atoms with Crippen LogP contribution in [-0.4, -0.2) is 45.9 Å². The molecule has 2 aliphatic heterocycles. The van der Waals surface area contributed by atoms with E-state index in [0.717, 1.165) is 30.5 Å². The molecule has 0 aromatic carbocycles. The molecule has 0 N–H and O–H groups in total. The van der Waals surface area contributed by atoms with Gasteiger partial charge in [-0.15, -0.1) is 0 Å². The summed E-state index contributed by atoms with van der Waals surface area (Å²) in [7, 11) is 0. The minimum Gasteiger partial charge on any atom is -0.322 e. The molecule has 3 heterocycles. The van der Waals surface area contributed by atoms with Crippen molar-refractivity contribution >= 4 is 11.8 Å². The number of carbonyl (C=O) groups is 2. The van der Waals surface area contributed by atoms with Crippen LogP contribution in [0.25, 0.3) is 0 Å². The van der Waals surface area contributed by atoms with Gasteiger partial charge < -0.3 is 9.80 Å². The van der Waals surface area contributed by atoms with Crippen LogP contribution < -0.4 is 0 Å². The second kappa shape index (κ2) is 5.23. The third kappa shape index (κ3) is 2.28. The Labute approximate surface area is 118 Å². The van der Waals surface area contributed by atoms with Gasteiger partial charge in [-0.2, -0.15) is 0 Å². The minimum atomic E-state index is -0.0132. The van der Waals surface area contributed by atoms with E-state index in [-0.39, 0.29) is 18.0 Å². The zero-order valence-corrected chi connectivity index (χ0v) is 11.7. The molecule has 1 aromatic rings. The van der Waals surface area contributed by atoms with Gasteiger partial charge in [0.2, 0.25) is 11.8 Å². The SMILES string of the molecule is Cc1ccncc1CC(=O)N1CCC(=O)N2CCCC21. The highest BCUT2D eigenvalue weighted by molar-refractivity contribution is 5.84. The molecule has 0 bridgehead atoms. The lowest BCUT2D eigenvalue weighted by molar-refractivity contribution is -0.150. The quantitative estimate of drug-likeness (QED) is 0.811. The van der Waals surface area contributed by atoms with E-state index in [1.807, 2.05) is 22.8 Å². The second-order valence-electron chi connectivity index (χ2n) is 5.53. The second-order valence-corrected chi connectivity index (χ2v) is 5.53. The first-order valence-corrected chi connectivity index (χ1v) is 7.15. The minimum absolute atomic E-state index is 0.0132. The Kier molecular flexibility index (Phi) is 3.42. The Bertz CT molecular complexity index is 544. The number of pyridine rings is 1. The Morgan fingerprint density at radius 3 is 3.10 bits per heavy atom. The molecule has 0 spiro atoms. The molecule has 1 aromatic heterocycles. The van der Waals surface area contributed by atoms with Crippen molar-refractivity contribution in [2.45, 2.75) is 38.8 Å². The van der Waals surface area contributed by atoms with Crippen LogP contribution in [0.1, 0.15) is 30.4 Å². The number of nitrogens with zero attached hydrogens (tertiary/aromatic N) is 3. The first-order valence-electron chi connectivity index (χ1n) is 7.15. The van der Waals surface area contributed by atoms with Crippen LogP contribution in [0.3, 0.4) is 0 Å². The molecule has 2 aliphatic rings. The van der Waals surface area contributed by atoms with Crippen LogP contribution in [0.2, 0.25) is 0 Å². The van der Waals surface area contributed by atoms with E-state index in [1.165, 1.54) is 0 Å². The van der Waals surface area contributed by atoms with Crippen molar-refractivity contribution in [2.75, 3.05) is 13.1 Å². The Hall–Kier alpha value is -1.91. The maximum atomic E-state index is 12.5. The van der Waals surface area contributed by atoms with E-state index in [9.17, 15) is 9.59 Å². The number of aryl methyl sites for hydroxylation is 1. The summed E-state index contributed by atoms with van der Waals surface area (Å²) in [5, 5.41) is 0.